The molecule has 3 atom stereocenters. The fraction of sp³-hybridized carbons (Fsp3) is 0.370. The first kappa shape index (κ1) is 22.2. The third kappa shape index (κ3) is 4.58. The van der Waals surface area contributed by atoms with Gasteiger partial charge in [-0.25, -0.2) is 4.79 Å². The van der Waals surface area contributed by atoms with Crippen LogP contribution in [-0.2, 0) is 11.8 Å². The zero-order valence-electron chi connectivity index (χ0n) is 18.2. The number of hydrogen-bond donors (Lipinski definition) is 3. The lowest BCUT2D eigenvalue weighted by Crippen LogP contribution is -2.59. The molecule has 2 bridgehead atoms. The zero-order valence-corrected chi connectivity index (χ0v) is 18.2. The van der Waals surface area contributed by atoms with Crippen LogP contribution in [0.25, 0.3) is 0 Å². The second kappa shape index (κ2) is 10.0. The summed E-state index contributed by atoms with van der Waals surface area (Å²) in [4.78, 5) is 10.3. The van der Waals surface area contributed by atoms with Crippen molar-refractivity contribution in [3.8, 4) is 5.75 Å². The molecule has 3 N–H and O–H groups in total. The van der Waals surface area contributed by atoms with Crippen LogP contribution in [0.3, 0.4) is 0 Å². The molecule has 2 aliphatic carbocycles. The summed E-state index contributed by atoms with van der Waals surface area (Å²) in [5.41, 5.74) is 3.82. The Morgan fingerprint density at radius 1 is 0.969 bits per heavy atom. The summed E-state index contributed by atoms with van der Waals surface area (Å²) in [5.74, 6) is -0.395. The Bertz CT molecular complexity index is 995. The number of fused-ring (bicyclic) bond motifs is 1. The van der Waals surface area contributed by atoms with E-state index in [9.17, 15) is 4.79 Å². The predicted octanol–water partition coefficient (Wildman–Crippen LogP) is 5.40. The number of hydrogen-bond acceptors (Lipinski definition) is 4. The van der Waals surface area contributed by atoms with Gasteiger partial charge < -0.3 is 19.9 Å². The van der Waals surface area contributed by atoms with Gasteiger partial charge in [0.25, 0.3) is 0 Å². The van der Waals surface area contributed by atoms with Crippen molar-refractivity contribution in [1.29, 1.82) is 0 Å². The average molecular weight is 434 g/mol. The number of phenols is 1. The highest BCUT2D eigenvalue weighted by atomic mass is 16.4. The summed E-state index contributed by atoms with van der Waals surface area (Å²) in [6.07, 6.45) is 11.7. The van der Waals surface area contributed by atoms with E-state index in [1.54, 1.807) is 35.8 Å². The van der Waals surface area contributed by atoms with E-state index in [1.165, 1.54) is 57.2 Å². The van der Waals surface area contributed by atoms with Crippen molar-refractivity contribution in [1.82, 2.24) is 5.32 Å². The molecule has 168 valence electrons. The fourth-order valence-corrected chi connectivity index (χ4v) is 5.77. The van der Waals surface area contributed by atoms with Gasteiger partial charge in [0.15, 0.2) is 0 Å². The number of para-hydroxylation sites is 1. The lowest BCUT2D eigenvalue weighted by molar-refractivity contribution is 0.0693. The number of carboxylic acids is 1. The molecule has 5 heteroatoms. The van der Waals surface area contributed by atoms with E-state index in [1.807, 2.05) is 12.1 Å². The number of piperidine rings is 1. The van der Waals surface area contributed by atoms with E-state index in [0.29, 0.717) is 5.41 Å². The number of rotatable bonds is 1. The Kier molecular flexibility index (Phi) is 6.96. The topological polar surface area (TPSA) is 82.7 Å². The minimum atomic E-state index is -1.11. The van der Waals surface area contributed by atoms with Gasteiger partial charge in [-0.15, -0.1) is 0 Å². The molecular weight excluding hydrogens is 402 g/mol. The summed E-state index contributed by atoms with van der Waals surface area (Å²) in [6.45, 7) is 1.23. The molecule has 0 spiro atoms. The Balaban J connectivity index is 0.000000138. The Morgan fingerprint density at radius 2 is 1.72 bits per heavy atom. The summed E-state index contributed by atoms with van der Waals surface area (Å²) in [6, 6.07) is 19.5. The van der Waals surface area contributed by atoms with Gasteiger partial charge in [-0.1, -0.05) is 49.2 Å². The second-order valence-corrected chi connectivity index (χ2v) is 8.80. The van der Waals surface area contributed by atoms with Crippen molar-refractivity contribution in [2.75, 3.05) is 6.54 Å². The summed E-state index contributed by atoms with van der Waals surface area (Å²) < 4.78 is 4.58. The first-order valence-electron chi connectivity index (χ1n) is 11.4. The van der Waals surface area contributed by atoms with E-state index in [0.717, 1.165) is 12.0 Å². The third-order valence-corrected chi connectivity index (χ3v) is 7.11. The van der Waals surface area contributed by atoms with Crippen LogP contribution in [-0.4, -0.2) is 28.8 Å². The zero-order chi connectivity index (χ0) is 22.4. The molecule has 6 rings (SSSR count). The van der Waals surface area contributed by atoms with Crippen LogP contribution in [0.2, 0.25) is 0 Å². The molecule has 2 heterocycles. The maximum absolute atomic E-state index is 10.3. The van der Waals surface area contributed by atoms with Gasteiger partial charge >= 0.3 is 5.97 Å². The highest BCUT2D eigenvalue weighted by Gasteiger charge is 2.51. The van der Waals surface area contributed by atoms with Crippen molar-refractivity contribution >= 4 is 5.97 Å². The number of carbonyl (C=O) groups is 1. The highest BCUT2D eigenvalue weighted by molar-refractivity contribution is 5.90. The van der Waals surface area contributed by atoms with Crippen molar-refractivity contribution in [3.05, 3.63) is 89.9 Å². The van der Waals surface area contributed by atoms with Gasteiger partial charge in [0.05, 0.1) is 12.5 Å². The van der Waals surface area contributed by atoms with Crippen molar-refractivity contribution in [2.24, 2.45) is 5.92 Å². The minimum absolute atomic E-state index is 0.0671. The Labute approximate surface area is 189 Å². The van der Waals surface area contributed by atoms with Crippen LogP contribution in [0.1, 0.15) is 53.6 Å². The summed E-state index contributed by atoms with van der Waals surface area (Å²) in [7, 11) is 0. The predicted molar refractivity (Wildman–Crippen MR) is 124 cm³/mol. The molecular formula is C27H31NO4. The molecule has 32 heavy (non-hydrogen) atoms. The van der Waals surface area contributed by atoms with E-state index >= 15 is 0 Å². The number of aromatic carboxylic acids is 1. The molecule has 1 saturated carbocycles. The lowest BCUT2D eigenvalue weighted by atomic mass is 9.53. The quantitative estimate of drug-likeness (QED) is 0.478. The first-order valence-corrected chi connectivity index (χ1v) is 11.4. The van der Waals surface area contributed by atoms with E-state index in [-0.39, 0.29) is 11.3 Å². The number of furan rings is 1. The van der Waals surface area contributed by atoms with E-state index < -0.39 is 5.97 Å². The Hall–Kier alpha value is -3.05. The Morgan fingerprint density at radius 3 is 2.41 bits per heavy atom. The molecule has 3 aliphatic rings. The van der Waals surface area contributed by atoms with Gasteiger partial charge in [0, 0.05) is 11.5 Å². The molecule has 1 aromatic heterocycles. The molecule has 2 fully saturated rings. The molecule has 0 radical (unpaired) electrons. The smallest absolute Gasteiger partial charge is 0.339 e. The number of nitrogens with one attached hydrogen (secondary N) is 1. The summed E-state index contributed by atoms with van der Waals surface area (Å²) >= 11 is 0. The van der Waals surface area contributed by atoms with Crippen molar-refractivity contribution < 1.29 is 19.4 Å². The monoisotopic (exact) mass is 433 g/mol. The van der Waals surface area contributed by atoms with Crippen LogP contribution < -0.4 is 5.32 Å². The molecule has 3 aromatic rings. The molecule has 5 nitrogen and oxygen atoms in total. The maximum atomic E-state index is 10.3. The average Bonchev–Trinajstić information content (AvgIpc) is 3.40. The SMILES string of the molecule is O=C(O)c1ccccc1O.c1ccc2c(c1)C[C@H]1NCC[C@@]23CCCC[C@@H]13.c1ccoc1. The lowest BCUT2D eigenvalue weighted by Gasteiger charge is -2.56. The molecule has 2 aromatic carbocycles. The van der Waals surface area contributed by atoms with E-state index in [4.69, 9.17) is 10.2 Å². The first-order chi connectivity index (χ1) is 15.6. The van der Waals surface area contributed by atoms with Crippen molar-refractivity contribution in [2.45, 2.75) is 50.0 Å². The third-order valence-electron chi connectivity index (χ3n) is 7.11. The van der Waals surface area contributed by atoms with Gasteiger partial charge in [-0.2, -0.15) is 0 Å². The van der Waals surface area contributed by atoms with Gasteiger partial charge in [-0.05, 0) is 73.5 Å². The van der Waals surface area contributed by atoms with Gasteiger partial charge in [0.2, 0.25) is 0 Å². The van der Waals surface area contributed by atoms with Crippen LogP contribution >= 0.6 is 0 Å². The van der Waals surface area contributed by atoms with Gasteiger partial charge in [0.1, 0.15) is 11.3 Å². The highest BCUT2D eigenvalue weighted by Crippen LogP contribution is 2.53. The second-order valence-electron chi connectivity index (χ2n) is 8.80. The fourth-order valence-electron chi connectivity index (χ4n) is 5.77. The van der Waals surface area contributed by atoms with E-state index in [2.05, 4.69) is 34.0 Å². The molecule has 0 amide bonds. The molecule has 0 unspecified atom stereocenters. The maximum Gasteiger partial charge on any atom is 0.339 e. The van der Waals surface area contributed by atoms with Crippen LogP contribution in [0.15, 0.2) is 77.6 Å². The van der Waals surface area contributed by atoms with Crippen LogP contribution in [0, 0.1) is 5.92 Å². The number of benzene rings is 2. The molecule has 1 aliphatic heterocycles. The largest absolute Gasteiger partial charge is 0.507 e. The standard InChI is InChI=1S/C16H21N.C7H6O3.C4H4O/c1-2-6-13-12(5-1)11-15-14-7-3-4-8-16(13,14)9-10-17-15;8-6-4-2-1-3-5(6)7(9)10;1-2-4-5-3-1/h1-2,5-6,14-15,17H,3-4,7-11H2;1-4,8H,(H,9,10);1-4H/t14-,15+,16-;;/m0../s1. The normalized spacial score (nSPS) is 25.0. The number of aromatic hydroxyl groups is 1. The number of carboxylic acid groups (broad SMARTS) is 1. The minimum Gasteiger partial charge on any atom is -0.507 e. The van der Waals surface area contributed by atoms with Gasteiger partial charge in [-0.3, -0.25) is 0 Å². The van der Waals surface area contributed by atoms with Crippen LogP contribution in [0.5, 0.6) is 5.75 Å². The summed E-state index contributed by atoms with van der Waals surface area (Å²) in [5, 5.41) is 21.1. The van der Waals surface area contributed by atoms with Crippen LogP contribution in [0.4, 0.5) is 0 Å². The molecule has 1 saturated heterocycles. The van der Waals surface area contributed by atoms with Crippen molar-refractivity contribution in [3.63, 3.8) is 0 Å².